The van der Waals surface area contributed by atoms with Crippen molar-refractivity contribution in [2.45, 2.75) is 18.9 Å². The number of nitro benzene ring substituents is 1. The van der Waals surface area contributed by atoms with Crippen LogP contribution in [0.5, 0.6) is 0 Å². The molecule has 9 heteroatoms. The Hall–Kier alpha value is -2.72. The molecule has 0 spiro atoms. The van der Waals surface area contributed by atoms with Crippen molar-refractivity contribution in [3.63, 3.8) is 0 Å². The predicted molar refractivity (Wildman–Crippen MR) is 105 cm³/mol. The van der Waals surface area contributed by atoms with Crippen molar-refractivity contribution in [2.24, 2.45) is 5.92 Å². The molecular formula is C20H25N5O4. The summed E-state index contributed by atoms with van der Waals surface area (Å²) in [4.78, 5) is 15.4. The van der Waals surface area contributed by atoms with E-state index >= 15 is 0 Å². The molecule has 0 bridgehead atoms. The molecule has 9 nitrogen and oxygen atoms in total. The topological polar surface area (TPSA) is 116 Å². The Labute approximate surface area is 170 Å². The number of rotatable bonds is 6. The molecule has 1 aromatic carbocycles. The average Bonchev–Trinajstić information content (AvgIpc) is 2.76. The number of nitro groups is 1. The van der Waals surface area contributed by atoms with Gasteiger partial charge in [0.2, 0.25) is 0 Å². The standard InChI is InChI=1S/C20H25N5O4/c1-16(4-5-21)20(15-22,24-8-12-29-13-9-24)17-2-3-18(19(14-17)25(26)27)23-6-10-28-11-7-23/h2-3,14,16H,4,6-13H2,1H3. The summed E-state index contributed by atoms with van der Waals surface area (Å²) in [5.74, 6) is -0.329. The summed E-state index contributed by atoms with van der Waals surface area (Å²) in [6, 6.07) is 9.60. The average molecular weight is 399 g/mol. The van der Waals surface area contributed by atoms with Crippen LogP contribution in [0.15, 0.2) is 18.2 Å². The van der Waals surface area contributed by atoms with Gasteiger partial charge in [-0.25, -0.2) is 0 Å². The third-order valence-electron chi connectivity index (χ3n) is 5.75. The molecule has 2 atom stereocenters. The van der Waals surface area contributed by atoms with Gasteiger partial charge in [0.25, 0.3) is 5.69 Å². The molecule has 2 heterocycles. The second kappa shape index (κ2) is 9.19. The minimum Gasteiger partial charge on any atom is -0.379 e. The maximum Gasteiger partial charge on any atom is 0.292 e. The van der Waals surface area contributed by atoms with Crippen LogP contribution in [0.1, 0.15) is 18.9 Å². The van der Waals surface area contributed by atoms with E-state index in [0.717, 1.165) is 0 Å². The van der Waals surface area contributed by atoms with Gasteiger partial charge in [0.15, 0.2) is 0 Å². The van der Waals surface area contributed by atoms with E-state index in [1.54, 1.807) is 12.1 Å². The Morgan fingerprint density at radius 1 is 1.17 bits per heavy atom. The van der Waals surface area contributed by atoms with Gasteiger partial charge < -0.3 is 14.4 Å². The van der Waals surface area contributed by atoms with Crippen LogP contribution in [-0.4, -0.2) is 62.4 Å². The molecule has 0 saturated carbocycles. The normalized spacial score (nSPS) is 20.9. The van der Waals surface area contributed by atoms with Gasteiger partial charge in [-0.3, -0.25) is 15.0 Å². The number of morpholine rings is 2. The van der Waals surface area contributed by atoms with Crippen molar-refractivity contribution in [3.05, 3.63) is 33.9 Å². The summed E-state index contributed by atoms with van der Waals surface area (Å²) < 4.78 is 10.8. The molecular weight excluding hydrogens is 374 g/mol. The summed E-state index contributed by atoms with van der Waals surface area (Å²) >= 11 is 0. The molecule has 2 fully saturated rings. The molecule has 2 aliphatic heterocycles. The van der Waals surface area contributed by atoms with Crippen molar-refractivity contribution >= 4 is 11.4 Å². The second-order valence-corrected chi connectivity index (χ2v) is 7.30. The van der Waals surface area contributed by atoms with Gasteiger partial charge >= 0.3 is 0 Å². The van der Waals surface area contributed by atoms with E-state index in [-0.39, 0.29) is 18.0 Å². The Bertz CT molecular complexity index is 821. The zero-order valence-electron chi connectivity index (χ0n) is 16.5. The van der Waals surface area contributed by atoms with Gasteiger partial charge in [-0.05, 0) is 11.6 Å². The highest BCUT2D eigenvalue weighted by Gasteiger charge is 2.45. The molecule has 1 aromatic rings. The quantitative estimate of drug-likeness (QED) is 0.527. The molecule has 0 radical (unpaired) electrons. The van der Waals surface area contributed by atoms with E-state index in [0.29, 0.717) is 63.9 Å². The van der Waals surface area contributed by atoms with Gasteiger partial charge in [0, 0.05) is 44.6 Å². The number of anilines is 1. The minimum atomic E-state index is -1.13. The molecule has 0 amide bonds. The van der Waals surface area contributed by atoms with Crippen LogP contribution in [0, 0.1) is 38.7 Å². The monoisotopic (exact) mass is 399 g/mol. The van der Waals surface area contributed by atoms with Crippen LogP contribution in [-0.2, 0) is 15.0 Å². The summed E-state index contributed by atoms with van der Waals surface area (Å²) in [7, 11) is 0. The van der Waals surface area contributed by atoms with Crippen LogP contribution >= 0.6 is 0 Å². The third kappa shape index (κ3) is 4.03. The first-order valence-electron chi connectivity index (χ1n) is 9.77. The van der Waals surface area contributed by atoms with Crippen molar-refractivity contribution in [1.82, 2.24) is 4.90 Å². The van der Waals surface area contributed by atoms with Gasteiger partial charge in [-0.15, -0.1) is 0 Å². The number of nitrogens with zero attached hydrogens (tertiary/aromatic N) is 5. The summed E-state index contributed by atoms with van der Waals surface area (Å²) in [6.45, 7) is 6.08. The van der Waals surface area contributed by atoms with Gasteiger partial charge in [0.05, 0.1) is 43.5 Å². The van der Waals surface area contributed by atoms with Crippen LogP contribution < -0.4 is 4.90 Å². The highest BCUT2D eigenvalue weighted by molar-refractivity contribution is 5.65. The first kappa shape index (κ1) is 21.0. The van der Waals surface area contributed by atoms with Crippen molar-refractivity contribution in [3.8, 4) is 12.1 Å². The molecule has 154 valence electrons. The van der Waals surface area contributed by atoms with Crippen molar-refractivity contribution in [2.75, 3.05) is 57.5 Å². The minimum absolute atomic E-state index is 0.0264. The van der Waals surface area contributed by atoms with Crippen molar-refractivity contribution < 1.29 is 14.4 Å². The summed E-state index contributed by atoms with van der Waals surface area (Å²) in [5, 5.41) is 31.4. The Morgan fingerprint density at radius 3 is 2.34 bits per heavy atom. The lowest BCUT2D eigenvalue weighted by Gasteiger charge is -2.44. The zero-order valence-corrected chi connectivity index (χ0v) is 16.5. The summed E-state index contributed by atoms with van der Waals surface area (Å²) in [6.07, 6.45) is 0.171. The first-order valence-corrected chi connectivity index (χ1v) is 9.77. The van der Waals surface area contributed by atoms with Crippen molar-refractivity contribution in [1.29, 1.82) is 10.5 Å². The lowest BCUT2D eigenvalue weighted by atomic mass is 9.76. The van der Waals surface area contributed by atoms with E-state index in [2.05, 4.69) is 12.1 Å². The fraction of sp³-hybridized carbons (Fsp3) is 0.600. The Balaban J connectivity index is 2.09. The third-order valence-corrected chi connectivity index (χ3v) is 5.75. The highest BCUT2D eigenvalue weighted by atomic mass is 16.6. The second-order valence-electron chi connectivity index (χ2n) is 7.30. The molecule has 2 aliphatic rings. The van der Waals surface area contributed by atoms with E-state index in [1.165, 1.54) is 6.07 Å². The number of hydrogen-bond acceptors (Lipinski definition) is 8. The zero-order chi connectivity index (χ0) is 20.9. The predicted octanol–water partition coefficient (Wildman–Crippen LogP) is 2.03. The number of ether oxygens (including phenoxy) is 2. The van der Waals surface area contributed by atoms with Crippen LogP contribution in [0.4, 0.5) is 11.4 Å². The molecule has 0 aliphatic carbocycles. The smallest absolute Gasteiger partial charge is 0.292 e. The Kier molecular flexibility index (Phi) is 6.65. The van der Waals surface area contributed by atoms with Gasteiger partial charge in [0.1, 0.15) is 11.2 Å². The fourth-order valence-electron chi connectivity index (χ4n) is 4.20. The lowest BCUT2D eigenvalue weighted by molar-refractivity contribution is -0.384. The van der Waals surface area contributed by atoms with Crippen LogP contribution in [0.2, 0.25) is 0 Å². The SMILES string of the molecule is CC(CC#N)C(C#N)(c1ccc(N2CCOCC2)c([N+](=O)[O-])c1)N1CCOCC1. The maximum absolute atomic E-state index is 11.9. The van der Waals surface area contributed by atoms with Crippen LogP contribution in [0.25, 0.3) is 0 Å². The van der Waals surface area contributed by atoms with Crippen LogP contribution in [0.3, 0.4) is 0 Å². The number of hydrogen-bond donors (Lipinski definition) is 0. The number of nitriles is 2. The molecule has 0 aromatic heterocycles. The van der Waals surface area contributed by atoms with E-state index in [1.807, 2.05) is 16.7 Å². The molecule has 29 heavy (non-hydrogen) atoms. The number of benzene rings is 1. The van der Waals surface area contributed by atoms with E-state index in [9.17, 15) is 20.6 Å². The fourth-order valence-corrected chi connectivity index (χ4v) is 4.20. The molecule has 0 N–H and O–H groups in total. The van der Waals surface area contributed by atoms with Gasteiger partial charge in [-0.1, -0.05) is 13.0 Å². The summed E-state index contributed by atoms with van der Waals surface area (Å²) in [5.41, 5.74) is -0.0769. The molecule has 2 unspecified atom stereocenters. The Morgan fingerprint density at radius 2 is 1.79 bits per heavy atom. The van der Waals surface area contributed by atoms with E-state index in [4.69, 9.17) is 9.47 Å². The maximum atomic E-state index is 11.9. The molecule has 3 rings (SSSR count). The lowest BCUT2D eigenvalue weighted by Crippen LogP contribution is -2.54. The highest BCUT2D eigenvalue weighted by Crippen LogP contribution is 2.41. The largest absolute Gasteiger partial charge is 0.379 e. The van der Waals surface area contributed by atoms with E-state index < -0.39 is 10.5 Å². The molecule has 2 saturated heterocycles. The first-order chi connectivity index (χ1) is 14.0. The van der Waals surface area contributed by atoms with Gasteiger partial charge in [-0.2, -0.15) is 10.5 Å².